The van der Waals surface area contributed by atoms with Crippen molar-refractivity contribution in [1.29, 1.82) is 0 Å². The highest BCUT2D eigenvalue weighted by molar-refractivity contribution is 7.10. The molecule has 96 valence electrons. The minimum absolute atomic E-state index is 0.873. The van der Waals surface area contributed by atoms with Crippen molar-refractivity contribution < 1.29 is 4.74 Å². The largest absolute Gasteiger partial charge is 0.497 e. The van der Waals surface area contributed by atoms with E-state index in [0.29, 0.717) is 0 Å². The van der Waals surface area contributed by atoms with Crippen LogP contribution in [0.4, 0.5) is 0 Å². The summed E-state index contributed by atoms with van der Waals surface area (Å²) >= 11 is 1.79. The van der Waals surface area contributed by atoms with Gasteiger partial charge in [0, 0.05) is 11.4 Å². The molecule has 0 aliphatic rings. The number of rotatable bonds is 5. The van der Waals surface area contributed by atoms with Crippen molar-refractivity contribution in [3.63, 3.8) is 0 Å². The van der Waals surface area contributed by atoms with E-state index in [9.17, 15) is 0 Å². The lowest BCUT2D eigenvalue weighted by Crippen LogP contribution is -2.12. The van der Waals surface area contributed by atoms with Gasteiger partial charge in [0.15, 0.2) is 0 Å². The summed E-state index contributed by atoms with van der Waals surface area (Å²) in [7, 11) is 1.71. The summed E-state index contributed by atoms with van der Waals surface area (Å²) in [5.41, 5.74) is 3.92. The Labute approximate surface area is 113 Å². The molecule has 18 heavy (non-hydrogen) atoms. The molecule has 0 atom stereocenters. The van der Waals surface area contributed by atoms with Gasteiger partial charge in [0.25, 0.3) is 0 Å². The zero-order valence-electron chi connectivity index (χ0n) is 11.1. The lowest BCUT2D eigenvalue weighted by molar-refractivity contribution is 0.414. The normalized spacial score (nSPS) is 10.6. The van der Waals surface area contributed by atoms with Crippen LogP contribution in [0.3, 0.4) is 0 Å². The Balaban J connectivity index is 2.42. The van der Waals surface area contributed by atoms with Gasteiger partial charge in [-0.3, -0.25) is 0 Å². The molecule has 0 amide bonds. The van der Waals surface area contributed by atoms with Crippen molar-refractivity contribution in [1.82, 2.24) is 5.32 Å². The SMILES string of the molecule is CCNCc1cc(OC)ccc1-c1ccsc1C. The summed E-state index contributed by atoms with van der Waals surface area (Å²) in [5, 5.41) is 5.53. The third-order valence-corrected chi connectivity index (χ3v) is 3.87. The van der Waals surface area contributed by atoms with Crippen LogP contribution < -0.4 is 10.1 Å². The summed E-state index contributed by atoms with van der Waals surface area (Å²) in [6, 6.07) is 8.49. The maximum absolute atomic E-state index is 5.31. The molecule has 0 spiro atoms. The van der Waals surface area contributed by atoms with Gasteiger partial charge in [-0.25, -0.2) is 0 Å². The van der Waals surface area contributed by atoms with Crippen molar-refractivity contribution in [2.24, 2.45) is 0 Å². The van der Waals surface area contributed by atoms with E-state index in [2.05, 4.69) is 42.7 Å². The molecule has 0 saturated carbocycles. The number of aryl methyl sites for hydroxylation is 1. The molecule has 1 N–H and O–H groups in total. The second-order valence-electron chi connectivity index (χ2n) is 4.19. The fourth-order valence-corrected chi connectivity index (χ4v) is 2.74. The van der Waals surface area contributed by atoms with E-state index in [4.69, 9.17) is 4.74 Å². The van der Waals surface area contributed by atoms with E-state index in [1.165, 1.54) is 21.6 Å². The number of hydrogen-bond donors (Lipinski definition) is 1. The second-order valence-corrected chi connectivity index (χ2v) is 5.31. The molecule has 2 nitrogen and oxygen atoms in total. The van der Waals surface area contributed by atoms with E-state index in [1.54, 1.807) is 18.4 Å². The van der Waals surface area contributed by atoms with Crippen LogP contribution in [0, 0.1) is 6.92 Å². The molecule has 1 aromatic heterocycles. The Bertz CT molecular complexity index is 519. The van der Waals surface area contributed by atoms with Gasteiger partial charge in [-0.05, 0) is 53.7 Å². The maximum atomic E-state index is 5.31. The van der Waals surface area contributed by atoms with Crippen LogP contribution in [0.25, 0.3) is 11.1 Å². The molecule has 2 rings (SSSR count). The zero-order valence-corrected chi connectivity index (χ0v) is 11.9. The molecule has 0 aliphatic heterocycles. The number of methoxy groups -OCH3 is 1. The van der Waals surface area contributed by atoms with E-state index in [1.807, 2.05) is 6.07 Å². The molecule has 0 radical (unpaired) electrons. The Morgan fingerprint density at radius 1 is 1.22 bits per heavy atom. The first kappa shape index (κ1) is 13.1. The first-order valence-corrected chi connectivity index (χ1v) is 7.06. The fourth-order valence-electron chi connectivity index (χ4n) is 2.03. The van der Waals surface area contributed by atoms with Gasteiger partial charge >= 0.3 is 0 Å². The fraction of sp³-hybridized carbons (Fsp3) is 0.333. The number of nitrogens with one attached hydrogen (secondary N) is 1. The minimum Gasteiger partial charge on any atom is -0.497 e. The molecule has 0 unspecified atom stereocenters. The number of hydrogen-bond acceptors (Lipinski definition) is 3. The van der Waals surface area contributed by atoms with Crippen LogP contribution in [0.1, 0.15) is 17.4 Å². The van der Waals surface area contributed by atoms with Crippen LogP contribution in [-0.4, -0.2) is 13.7 Å². The molecule has 2 aromatic rings. The van der Waals surface area contributed by atoms with Crippen molar-refractivity contribution in [3.05, 3.63) is 40.1 Å². The molecular weight excluding hydrogens is 242 g/mol. The number of thiophene rings is 1. The van der Waals surface area contributed by atoms with Gasteiger partial charge in [-0.15, -0.1) is 11.3 Å². The highest BCUT2D eigenvalue weighted by atomic mass is 32.1. The highest BCUT2D eigenvalue weighted by Crippen LogP contribution is 2.32. The lowest BCUT2D eigenvalue weighted by Gasteiger charge is -2.12. The topological polar surface area (TPSA) is 21.3 Å². The van der Waals surface area contributed by atoms with Crippen molar-refractivity contribution >= 4 is 11.3 Å². The molecule has 1 aromatic carbocycles. The Kier molecular flexibility index (Phi) is 4.39. The molecule has 0 fully saturated rings. The average Bonchev–Trinajstić information content (AvgIpc) is 2.82. The summed E-state index contributed by atoms with van der Waals surface area (Å²) in [6.07, 6.45) is 0. The predicted octanol–water partition coefficient (Wildman–Crippen LogP) is 3.84. The summed E-state index contributed by atoms with van der Waals surface area (Å²) in [5.74, 6) is 0.916. The number of benzene rings is 1. The predicted molar refractivity (Wildman–Crippen MR) is 78.4 cm³/mol. The smallest absolute Gasteiger partial charge is 0.119 e. The van der Waals surface area contributed by atoms with Crippen LogP contribution in [0.5, 0.6) is 5.75 Å². The van der Waals surface area contributed by atoms with Gasteiger partial charge in [-0.1, -0.05) is 13.0 Å². The first-order chi connectivity index (χ1) is 8.76. The monoisotopic (exact) mass is 261 g/mol. The van der Waals surface area contributed by atoms with Crippen molar-refractivity contribution in [2.75, 3.05) is 13.7 Å². The van der Waals surface area contributed by atoms with Crippen molar-refractivity contribution in [2.45, 2.75) is 20.4 Å². The molecule has 3 heteroatoms. The van der Waals surface area contributed by atoms with E-state index < -0.39 is 0 Å². The molecule has 0 aliphatic carbocycles. The van der Waals surface area contributed by atoms with Gasteiger partial charge in [0.2, 0.25) is 0 Å². The molecule has 0 bridgehead atoms. The standard InChI is InChI=1S/C15H19NOS/c1-4-16-10-12-9-13(17-3)5-6-15(12)14-7-8-18-11(14)2/h5-9,16H,4,10H2,1-3H3. The Morgan fingerprint density at radius 2 is 2.06 bits per heavy atom. The summed E-state index contributed by atoms with van der Waals surface area (Å²) < 4.78 is 5.31. The van der Waals surface area contributed by atoms with E-state index >= 15 is 0 Å². The van der Waals surface area contributed by atoms with Crippen molar-refractivity contribution in [3.8, 4) is 16.9 Å². The maximum Gasteiger partial charge on any atom is 0.119 e. The third kappa shape index (κ3) is 2.74. The molecule has 0 saturated heterocycles. The quantitative estimate of drug-likeness (QED) is 0.883. The second kappa shape index (κ2) is 6.03. The molecular formula is C15H19NOS. The van der Waals surface area contributed by atoms with E-state index in [-0.39, 0.29) is 0 Å². The van der Waals surface area contributed by atoms with Gasteiger partial charge in [0.1, 0.15) is 5.75 Å². The van der Waals surface area contributed by atoms with Crippen LogP contribution in [0.15, 0.2) is 29.6 Å². The summed E-state index contributed by atoms with van der Waals surface area (Å²) in [4.78, 5) is 1.36. The lowest BCUT2D eigenvalue weighted by atomic mass is 10.00. The highest BCUT2D eigenvalue weighted by Gasteiger charge is 2.09. The van der Waals surface area contributed by atoms with Gasteiger partial charge in [-0.2, -0.15) is 0 Å². The Morgan fingerprint density at radius 3 is 2.67 bits per heavy atom. The average molecular weight is 261 g/mol. The molecule has 1 heterocycles. The van der Waals surface area contributed by atoms with Crippen LogP contribution >= 0.6 is 11.3 Å². The third-order valence-electron chi connectivity index (χ3n) is 3.03. The van der Waals surface area contributed by atoms with Gasteiger partial charge in [0.05, 0.1) is 7.11 Å². The zero-order chi connectivity index (χ0) is 13.0. The summed E-state index contributed by atoms with van der Waals surface area (Å²) in [6.45, 7) is 6.13. The van der Waals surface area contributed by atoms with Crippen LogP contribution in [-0.2, 0) is 6.54 Å². The first-order valence-electron chi connectivity index (χ1n) is 6.18. The minimum atomic E-state index is 0.873. The van der Waals surface area contributed by atoms with Crippen LogP contribution in [0.2, 0.25) is 0 Å². The van der Waals surface area contributed by atoms with E-state index in [0.717, 1.165) is 18.8 Å². The van der Waals surface area contributed by atoms with Gasteiger partial charge < -0.3 is 10.1 Å². The number of ether oxygens (including phenoxy) is 1. The Hall–Kier alpha value is -1.32.